The molecule has 2 atom stereocenters. The van der Waals surface area contributed by atoms with Crippen molar-refractivity contribution in [3.63, 3.8) is 0 Å². The molecule has 1 aromatic heterocycles. The summed E-state index contributed by atoms with van der Waals surface area (Å²) < 4.78 is 7.94. The Balaban J connectivity index is 1.33. The summed E-state index contributed by atoms with van der Waals surface area (Å²) in [5.74, 6) is 0.626. The van der Waals surface area contributed by atoms with Crippen molar-refractivity contribution in [3.05, 3.63) is 71.5 Å². The molecule has 0 unspecified atom stereocenters. The van der Waals surface area contributed by atoms with Crippen molar-refractivity contribution in [2.45, 2.75) is 57.2 Å². The minimum atomic E-state index is -0.929. The summed E-state index contributed by atoms with van der Waals surface area (Å²) >= 11 is 0. The van der Waals surface area contributed by atoms with E-state index in [4.69, 9.17) is 4.74 Å². The summed E-state index contributed by atoms with van der Waals surface area (Å²) in [6.45, 7) is 4.70. The number of likely N-dealkylation sites (tertiary alicyclic amines) is 2. The predicted octanol–water partition coefficient (Wildman–Crippen LogP) is 3.08. The molecule has 6 bridgehead atoms. The quantitative estimate of drug-likeness (QED) is 0.458. The summed E-state index contributed by atoms with van der Waals surface area (Å²) in [6, 6.07) is 15.4. The molecule has 41 heavy (non-hydrogen) atoms. The third kappa shape index (κ3) is 4.19. The molecule has 0 N–H and O–H groups in total. The van der Waals surface area contributed by atoms with E-state index in [1.807, 2.05) is 69.4 Å². The second kappa shape index (κ2) is 10.0. The topological polar surface area (TPSA) is 101 Å². The van der Waals surface area contributed by atoms with Gasteiger partial charge in [0.25, 0.3) is 0 Å². The van der Waals surface area contributed by atoms with Crippen LogP contribution >= 0.6 is 0 Å². The fraction of sp³-hybridized carbons (Fsp3) is 0.452. The van der Waals surface area contributed by atoms with Crippen LogP contribution in [-0.2, 0) is 32.9 Å². The number of piperidine rings is 1. The lowest BCUT2D eigenvalue weighted by atomic mass is 9.72. The van der Waals surface area contributed by atoms with E-state index in [0.717, 1.165) is 34.7 Å². The van der Waals surface area contributed by atoms with Crippen LogP contribution in [0.1, 0.15) is 55.5 Å². The third-order valence-electron chi connectivity index (χ3n) is 9.28. The summed E-state index contributed by atoms with van der Waals surface area (Å²) in [5, 5.41) is 8.64. The lowest BCUT2D eigenvalue weighted by Crippen LogP contribution is -2.48. The first-order valence-corrected chi connectivity index (χ1v) is 14.5. The zero-order valence-electron chi connectivity index (χ0n) is 23.2. The number of nitrogens with zero attached hydrogens (tertiary/aromatic N) is 6. The average molecular weight is 555 g/mol. The van der Waals surface area contributed by atoms with Crippen LogP contribution in [0.4, 0.5) is 5.69 Å². The molecule has 3 aromatic rings. The van der Waals surface area contributed by atoms with Gasteiger partial charge in [-0.2, -0.15) is 0 Å². The molecule has 2 fully saturated rings. The number of carbonyl (C=O) groups excluding carboxylic acids is 3. The average Bonchev–Trinajstić information content (AvgIpc) is 3.68. The number of aryl methyl sites for hydroxylation is 1. The van der Waals surface area contributed by atoms with Gasteiger partial charge in [0, 0.05) is 51.1 Å². The molecule has 2 aromatic carbocycles. The van der Waals surface area contributed by atoms with Crippen LogP contribution in [0.15, 0.2) is 54.7 Å². The molecule has 10 nitrogen and oxygen atoms in total. The van der Waals surface area contributed by atoms with Gasteiger partial charge in [0.05, 0.1) is 25.4 Å². The first-order chi connectivity index (χ1) is 20.0. The maximum absolute atomic E-state index is 14.7. The van der Waals surface area contributed by atoms with Gasteiger partial charge < -0.3 is 19.4 Å². The van der Waals surface area contributed by atoms with Crippen molar-refractivity contribution >= 4 is 23.4 Å². The predicted molar refractivity (Wildman–Crippen MR) is 150 cm³/mol. The van der Waals surface area contributed by atoms with E-state index in [1.54, 1.807) is 11.6 Å². The van der Waals surface area contributed by atoms with Crippen molar-refractivity contribution in [2.24, 2.45) is 5.92 Å². The fourth-order valence-corrected chi connectivity index (χ4v) is 7.29. The van der Waals surface area contributed by atoms with Crippen molar-refractivity contribution in [1.29, 1.82) is 0 Å². The molecule has 4 aliphatic heterocycles. The van der Waals surface area contributed by atoms with E-state index in [2.05, 4.69) is 10.3 Å². The summed E-state index contributed by atoms with van der Waals surface area (Å²) in [6.07, 6.45) is 4.44. The van der Waals surface area contributed by atoms with Gasteiger partial charge in [-0.3, -0.25) is 19.1 Å². The number of hydrogen-bond acceptors (Lipinski definition) is 6. The molecular weight excluding hydrogens is 520 g/mol. The van der Waals surface area contributed by atoms with Gasteiger partial charge in [-0.15, -0.1) is 5.10 Å². The molecule has 4 aliphatic rings. The number of fused-ring (bicyclic) bond motifs is 8. The Morgan fingerprint density at radius 1 is 1.02 bits per heavy atom. The molecule has 0 saturated carbocycles. The Morgan fingerprint density at radius 2 is 1.85 bits per heavy atom. The highest BCUT2D eigenvalue weighted by Crippen LogP contribution is 2.57. The number of para-hydroxylation sites is 1. The molecule has 5 heterocycles. The molecular formula is C31H34N6O4. The first-order valence-electron chi connectivity index (χ1n) is 14.5. The fourth-order valence-electron chi connectivity index (χ4n) is 7.29. The second-order valence-electron chi connectivity index (χ2n) is 11.6. The smallest absolute Gasteiger partial charge is 0.240 e. The van der Waals surface area contributed by atoms with E-state index < -0.39 is 11.5 Å². The normalized spacial score (nSPS) is 24.3. The number of amides is 3. The van der Waals surface area contributed by atoms with Crippen LogP contribution in [-0.4, -0.2) is 68.8 Å². The van der Waals surface area contributed by atoms with Crippen molar-refractivity contribution in [1.82, 2.24) is 24.8 Å². The SMILES string of the molecule is CC(=O)N1CCC(C(=O)N2CC[C@]34C(=O)N(Cc5cn(nn5)CCCOc5cccc(c5)[C@@H]23)c2ccccc24)CC1. The van der Waals surface area contributed by atoms with Crippen molar-refractivity contribution in [2.75, 3.05) is 31.1 Å². The van der Waals surface area contributed by atoms with Gasteiger partial charge in [0.1, 0.15) is 16.9 Å². The number of rotatable bonds is 1. The number of hydrogen-bond donors (Lipinski definition) is 0. The van der Waals surface area contributed by atoms with Crippen LogP contribution < -0.4 is 9.64 Å². The Kier molecular flexibility index (Phi) is 6.28. The number of anilines is 1. The Bertz CT molecular complexity index is 1510. The maximum atomic E-state index is 14.7. The van der Waals surface area contributed by atoms with Gasteiger partial charge in [-0.1, -0.05) is 35.5 Å². The Labute approximate surface area is 238 Å². The maximum Gasteiger partial charge on any atom is 0.240 e. The van der Waals surface area contributed by atoms with Crippen LogP contribution in [0.25, 0.3) is 0 Å². The van der Waals surface area contributed by atoms with Crippen LogP contribution in [0.5, 0.6) is 5.75 Å². The van der Waals surface area contributed by atoms with Crippen molar-refractivity contribution < 1.29 is 19.1 Å². The first kappa shape index (κ1) is 25.7. The van der Waals surface area contributed by atoms with Gasteiger partial charge in [-0.05, 0) is 48.6 Å². The molecule has 212 valence electrons. The van der Waals surface area contributed by atoms with Gasteiger partial charge >= 0.3 is 0 Å². The van der Waals surface area contributed by atoms with Crippen LogP contribution in [0, 0.1) is 5.92 Å². The van der Waals surface area contributed by atoms with E-state index in [1.165, 1.54) is 0 Å². The minimum absolute atomic E-state index is 0.0128. The minimum Gasteiger partial charge on any atom is -0.494 e. The Morgan fingerprint density at radius 3 is 2.68 bits per heavy atom. The summed E-state index contributed by atoms with van der Waals surface area (Å²) in [7, 11) is 0. The molecule has 7 rings (SSSR count). The zero-order chi connectivity index (χ0) is 28.1. The summed E-state index contributed by atoms with van der Waals surface area (Å²) in [4.78, 5) is 46.5. The van der Waals surface area contributed by atoms with Gasteiger partial charge in [0.2, 0.25) is 17.7 Å². The number of benzene rings is 2. The molecule has 3 amide bonds. The van der Waals surface area contributed by atoms with Crippen LogP contribution in [0.3, 0.4) is 0 Å². The second-order valence-corrected chi connectivity index (χ2v) is 11.6. The van der Waals surface area contributed by atoms with E-state index in [0.29, 0.717) is 58.6 Å². The van der Waals surface area contributed by atoms with Crippen molar-refractivity contribution in [3.8, 4) is 5.75 Å². The highest BCUT2D eigenvalue weighted by atomic mass is 16.5. The molecule has 2 saturated heterocycles. The van der Waals surface area contributed by atoms with Gasteiger partial charge in [-0.25, -0.2) is 0 Å². The van der Waals surface area contributed by atoms with E-state index in [-0.39, 0.29) is 23.6 Å². The van der Waals surface area contributed by atoms with E-state index in [9.17, 15) is 14.4 Å². The molecule has 0 radical (unpaired) electrons. The third-order valence-corrected chi connectivity index (χ3v) is 9.28. The summed E-state index contributed by atoms with van der Waals surface area (Å²) in [5.41, 5.74) is 2.50. The highest BCUT2D eigenvalue weighted by Gasteiger charge is 2.62. The van der Waals surface area contributed by atoms with Crippen LogP contribution in [0.2, 0.25) is 0 Å². The number of aromatic nitrogens is 3. The molecule has 10 heteroatoms. The lowest BCUT2D eigenvalue weighted by molar-refractivity contribution is -0.141. The highest BCUT2D eigenvalue weighted by molar-refractivity contribution is 6.09. The number of ether oxygens (including phenoxy) is 1. The van der Waals surface area contributed by atoms with Gasteiger partial charge in [0.15, 0.2) is 0 Å². The zero-order valence-corrected chi connectivity index (χ0v) is 23.2. The standard InChI is InChI=1S/C31H34N6O4/c1-21(38)34-14-10-22(11-15-34)29(39)36-16-12-31-26-8-2-3-9-27(26)37(30(31)40)20-24-19-35(33-32-24)13-5-17-41-25-7-4-6-23(18-25)28(31)36/h2-4,6-9,18-19,22,28H,5,10-17,20H2,1H3/t28-,31-/m1/s1. The van der Waals surface area contributed by atoms with E-state index >= 15 is 0 Å². The molecule has 1 spiro atoms. The monoisotopic (exact) mass is 554 g/mol. The Hall–Kier alpha value is -4.21. The lowest BCUT2D eigenvalue weighted by Gasteiger charge is -2.38. The number of carbonyl (C=O) groups is 3. The molecule has 0 aliphatic carbocycles. The largest absolute Gasteiger partial charge is 0.494 e.